The van der Waals surface area contributed by atoms with Crippen molar-refractivity contribution in [2.24, 2.45) is 5.73 Å². The summed E-state index contributed by atoms with van der Waals surface area (Å²) in [6.45, 7) is 4.38. The number of nitrogens with two attached hydrogens (primary N) is 1. The molecule has 1 atom stereocenters. The molecular formula is C13H18N4S. The lowest BCUT2D eigenvalue weighted by Gasteiger charge is -2.12. The zero-order valence-corrected chi connectivity index (χ0v) is 11.4. The number of aromatic amines is 1. The number of nitrogens with zero attached hydrogens (tertiary/aromatic N) is 2. The van der Waals surface area contributed by atoms with Crippen LogP contribution in [0.5, 0.6) is 0 Å². The summed E-state index contributed by atoms with van der Waals surface area (Å²) in [5.41, 5.74) is 8.66. The first kappa shape index (κ1) is 13.1. The van der Waals surface area contributed by atoms with Crippen molar-refractivity contribution in [2.45, 2.75) is 31.0 Å². The van der Waals surface area contributed by atoms with Gasteiger partial charge in [-0.25, -0.2) is 4.98 Å². The molecule has 0 fully saturated rings. The molecule has 1 unspecified atom stereocenters. The number of rotatable bonds is 5. The van der Waals surface area contributed by atoms with Crippen LogP contribution in [0.1, 0.15) is 36.9 Å². The fraction of sp³-hybridized carbons (Fsp3) is 0.385. The third-order valence-corrected chi connectivity index (χ3v) is 3.82. The number of aromatic nitrogens is 3. The van der Waals surface area contributed by atoms with Gasteiger partial charge in [-0.3, -0.25) is 5.10 Å². The average molecular weight is 262 g/mol. The van der Waals surface area contributed by atoms with Crippen LogP contribution in [0.2, 0.25) is 0 Å². The molecule has 0 spiro atoms. The van der Waals surface area contributed by atoms with E-state index in [1.54, 1.807) is 11.8 Å². The van der Waals surface area contributed by atoms with Gasteiger partial charge >= 0.3 is 0 Å². The summed E-state index contributed by atoms with van der Waals surface area (Å²) in [6, 6.07) is 8.54. The van der Waals surface area contributed by atoms with Crippen LogP contribution in [0, 0.1) is 0 Å². The van der Waals surface area contributed by atoms with E-state index in [0.717, 1.165) is 16.5 Å². The summed E-state index contributed by atoms with van der Waals surface area (Å²) in [5, 5.41) is 7.43. The minimum Gasteiger partial charge on any atom is -0.323 e. The Morgan fingerprint density at radius 1 is 1.22 bits per heavy atom. The molecule has 0 bridgehead atoms. The van der Waals surface area contributed by atoms with E-state index in [1.807, 2.05) is 0 Å². The van der Waals surface area contributed by atoms with E-state index in [-0.39, 0.29) is 6.04 Å². The highest BCUT2D eigenvalue weighted by Gasteiger charge is 2.08. The first-order valence-corrected chi connectivity index (χ1v) is 6.99. The zero-order valence-electron chi connectivity index (χ0n) is 10.6. The monoisotopic (exact) mass is 262 g/mol. The lowest BCUT2D eigenvalue weighted by Crippen LogP contribution is -2.13. The lowest BCUT2D eigenvalue weighted by atomic mass is 10.00. The first-order chi connectivity index (χ1) is 8.66. The van der Waals surface area contributed by atoms with Gasteiger partial charge < -0.3 is 5.73 Å². The molecule has 0 aliphatic heterocycles. The second-order valence-corrected chi connectivity index (χ2v) is 5.54. The molecule has 1 aromatic carbocycles. The predicted molar refractivity (Wildman–Crippen MR) is 74.6 cm³/mol. The van der Waals surface area contributed by atoms with Gasteiger partial charge in [0.2, 0.25) is 0 Å². The second kappa shape index (κ2) is 6.02. The average Bonchev–Trinajstić information content (AvgIpc) is 2.89. The van der Waals surface area contributed by atoms with Gasteiger partial charge in [0.05, 0.1) is 0 Å². The molecule has 0 aliphatic rings. The Bertz CT molecular complexity index is 464. The summed E-state index contributed by atoms with van der Waals surface area (Å²) in [7, 11) is 0. The molecule has 4 nitrogen and oxygen atoms in total. The molecule has 0 aliphatic carbocycles. The minimum atomic E-state index is 0.0151. The van der Waals surface area contributed by atoms with E-state index in [9.17, 15) is 0 Å². The number of nitrogens with one attached hydrogen (secondary N) is 1. The Labute approximate surface area is 111 Å². The van der Waals surface area contributed by atoms with Gasteiger partial charge in [0.1, 0.15) is 6.33 Å². The SMILES string of the molecule is CC(C)c1ccc(C(N)CSc2ncn[nH]2)cc1. The van der Waals surface area contributed by atoms with Crippen molar-refractivity contribution >= 4 is 11.8 Å². The van der Waals surface area contributed by atoms with Crippen LogP contribution in [-0.2, 0) is 0 Å². The number of thioether (sulfide) groups is 1. The van der Waals surface area contributed by atoms with E-state index in [0.29, 0.717) is 5.92 Å². The van der Waals surface area contributed by atoms with Crippen molar-refractivity contribution in [1.82, 2.24) is 15.2 Å². The Morgan fingerprint density at radius 2 is 1.89 bits per heavy atom. The fourth-order valence-corrected chi connectivity index (χ4v) is 2.43. The third-order valence-electron chi connectivity index (χ3n) is 2.82. The maximum absolute atomic E-state index is 6.15. The summed E-state index contributed by atoms with van der Waals surface area (Å²) < 4.78 is 0. The molecule has 1 aromatic heterocycles. The zero-order chi connectivity index (χ0) is 13.0. The second-order valence-electron chi connectivity index (χ2n) is 4.53. The van der Waals surface area contributed by atoms with Crippen LogP contribution < -0.4 is 5.73 Å². The molecule has 0 saturated heterocycles. The molecule has 0 saturated carbocycles. The summed E-state index contributed by atoms with van der Waals surface area (Å²) in [4.78, 5) is 4.06. The van der Waals surface area contributed by atoms with Crippen LogP contribution in [-0.4, -0.2) is 20.9 Å². The van der Waals surface area contributed by atoms with Crippen LogP contribution >= 0.6 is 11.8 Å². The van der Waals surface area contributed by atoms with Crippen molar-refractivity contribution in [1.29, 1.82) is 0 Å². The smallest absolute Gasteiger partial charge is 0.183 e. The van der Waals surface area contributed by atoms with Gasteiger partial charge in [-0.15, -0.1) is 0 Å². The lowest BCUT2D eigenvalue weighted by molar-refractivity contribution is 0.819. The van der Waals surface area contributed by atoms with Crippen molar-refractivity contribution in [3.05, 3.63) is 41.7 Å². The number of hydrogen-bond acceptors (Lipinski definition) is 4. The Hall–Kier alpha value is -1.33. The van der Waals surface area contributed by atoms with E-state index >= 15 is 0 Å². The Morgan fingerprint density at radius 3 is 2.44 bits per heavy atom. The van der Waals surface area contributed by atoms with Gasteiger partial charge in [0.15, 0.2) is 5.16 Å². The molecule has 3 N–H and O–H groups in total. The van der Waals surface area contributed by atoms with Crippen LogP contribution in [0.4, 0.5) is 0 Å². The van der Waals surface area contributed by atoms with Gasteiger partial charge in [-0.1, -0.05) is 49.9 Å². The first-order valence-electron chi connectivity index (χ1n) is 6.00. The molecule has 2 rings (SSSR count). The van der Waals surface area contributed by atoms with E-state index in [4.69, 9.17) is 5.73 Å². The summed E-state index contributed by atoms with van der Waals surface area (Å²) in [5.74, 6) is 1.34. The number of H-pyrrole nitrogens is 1. The number of benzene rings is 1. The van der Waals surface area contributed by atoms with Crippen molar-refractivity contribution in [2.75, 3.05) is 5.75 Å². The summed E-state index contributed by atoms with van der Waals surface area (Å²) in [6.07, 6.45) is 1.51. The molecule has 1 heterocycles. The minimum absolute atomic E-state index is 0.0151. The van der Waals surface area contributed by atoms with E-state index in [2.05, 4.69) is 53.3 Å². The molecule has 0 amide bonds. The maximum atomic E-state index is 6.15. The molecule has 18 heavy (non-hydrogen) atoms. The van der Waals surface area contributed by atoms with E-state index < -0.39 is 0 Å². The van der Waals surface area contributed by atoms with Crippen molar-refractivity contribution in [3.8, 4) is 0 Å². The van der Waals surface area contributed by atoms with Gasteiger partial charge in [-0.2, -0.15) is 5.10 Å². The van der Waals surface area contributed by atoms with Crippen molar-refractivity contribution in [3.63, 3.8) is 0 Å². The van der Waals surface area contributed by atoms with Crippen LogP contribution in [0.25, 0.3) is 0 Å². The maximum Gasteiger partial charge on any atom is 0.183 e. The topological polar surface area (TPSA) is 67.6 Å². The highest BCUT2D eigenvalue weighted by Crippen LogP contribution is 2.22. The largest absolute Gasteiger partial charge is 0.323 e. The van der Waals surface area contributed by atoms with Crippen LogP contribution in [0.15, 0.2) is 35.7 Å². The van der Waals surface area contributed by atoms with Gasteiger partial charge in [0.25, 0.3) is 0 Å². The Balaban J connectivity index is 1.94. The molecular weight excluding hydrogens is 244 g/mol. The molecule has 0 radical (unpaired) electrons. The standard InChI is InChI=1S/C13H18N4S/c1-9(2)10-3-5-11(6-4-10)12(14)7-18-13-15-8-16-17-13/h3-6,8-9,12H,7,14H2,1-2H3,(H,15,16,17). The van der Waals surface area contributed by atoms with E-state index in [1.165, 1.54) is 11.9 Å². The third kappa shape index (κ3) is 3.34. The molecule has 96 valence electrons. The summed E-state index contributed by atoms with van der Waals surface area (Å²) >= 11 is 1.59. The molecule has 2 aromatic rings. The highest BCUT2D eigenvalue weighted by atomic mass is 32.2. The number of hydrogen-bond donors (Lipinski definition) is 2. The van der Waals surface area contributed by atoms with Gasteiger partial charge in [0, 0.05) is 11.8 Å². The van der Waals surface area contributed by atoms with Crippen molar-refractivity contribution < 1.29 is 0 Å². The highest BCUT2D eigenvalue weighted by molar-refractivity contribution is 7.99. The molecule has 5 heteroatoms. The predicted octanol–water partition coefficient (Wildman–Crippen LogP) is 2.72. The Kier molecular flexibility index (Phi) is 4.38. The quantitative estimate of drug-likeness (QED) is 0.813. The van der Waals surface area contributed by atoms with Crippen LogP contribution in [0.3, 0.4) is 0 Å². The fourth-order valence-electron chi connectivity index (χ4n) is 1.66. The normalized spacial score (nSPS) is 12.9. The van der Waals surface area contributed by atoms with Gasteiger partial charge in [-0.05, 0) is 17.0 Å².